The SMILES string of the molecule is NC(=O)c1ccc(=S)[nH]n1. The first-order chi connectivity index (χ1) is 4.70. The maximum Gasteiger partial charge on any atom is 0.269 e. The van der Waals surface area contributed by atoms with Crippen LogP contribution >= 0.6 is 12.2 Å². The van der Waals surface area contributed by atoms with E-state index in [0.717, 1.165) is 0 Å². The molecule has 0 unspecified atom stereocenters. The van der Waals surface area contributed by atoms with Crippen molar-refractivity contribution < 1.29 is 4.79 Å². The first-order valence-corrected chi connectivity index (χ1v) is 2.96. The minimum atomic E-state index is -0.564. The fraction of sp³-hybridized carbons (Fsp3) is 0. The largest absolute Gasteiger partial charge is 0.364 e. The monoisotopic (exact) mass is 155 g/mol. The maximum absolute atomic E-state index is 10.4. The van der Waals surface area contributed by atoms with Crippen molar-refractivity contribution in [3.05, 3.63) is 22.5 Å². The normalized spacial score (nSPS) is 9.20. The average Bonchev–Trinajstić information content (AvgIpc) is 1.88. The number of carbonyl (C=O) groups excluding carboxylic acids is 1. The van der Waals surface area contributed by atoms with Gasteiger partial charge in [0.25, 0.3) is 5.91 Å². The van der Waals surface area contributed by atoms with E-state index in [-0.39, 0.29) is 5.69 Å². The smallest absolute Gasteiger partial charge is 0.269 e. The van der Waals surface area contributed by atoms with E-state index in [1.807, 2.05) is 0 Å². The molecule has 0 fully saturated rings. The summed E-state index contributed by atoms with van der Waals surface area (Å²) in [6, 6.07) is 3.03. The van der Waals surface area contributed by atoms with Crippen molar-refractivity contribution in [2.75, 3.05) is 0 Å². The number of nitrogens with two attached hydrogens (primary N) is 1. The molecule has 0 spiro atoms. The summed E-state index contributed by atoms with van der Waals surface area (Å²) in [4.78, 5) is 10.4. The summed E-state index contributed by atoms with van der Waals surface area (Å²) >= 11 is 4.69. The molecule has 0 atom stereocenters. The topological polar surface area (TPSA) is 71.8 Å². The molecule has 0 saturated carbocycles. The van der Waals surface area contributed by atoms with Crippen LogP contribution in [0.3, 0.4) is 0 Å². The third-order valence-corrected chi connectivity index (χ3v) is 1.16. The summed E-state index contributed by atoms with van der Waals surface area (Å²) in [5, 5.41) is 6.02. The fourth-order valence-corrected chi connectivity index (χ4v) is 0.595. The zero-order valence-corrected chi connectivity index (χ0v) is 5.81. The minimum Gasteiger partial charge on any atom is -0.364 e. The van der Waals surface area contributed by atoms with Gasteiger partial charge in [-0.2, -0.15) is 5.10 Å². The molecule has 0 aliphatic carbocycles. The van der Waals surface area contributed by atoms with Crippen LogP contribution in [-0.2, 0) is 0 Å². The third-order valence-electron chi connectivity index (χ3n) is 0.932. The number of hydrogen-bond donors (Lipinski definition) is 2. The van der Waals surface area contributed by atoms with Gasteiger partial charge in [-0.05, 0) is 12.1 Å². The Bertz CT molecular complexity index is 286. The van der Waals surface area contributed by atoms with Crippen LogP contribution in [0.1, 0.15) is 10.5 Å². The second-order valence-corrected chi connectivity index (χ2v) is 2.11. The molecule has 4 nitrogen and oxygen atoms in total. The van der Waals surface area contributed by atoms with Gasteiger partial charge in [-0.15, -0.1) is 0 Å². The minimum absolute atomic E-state index is 0.189. The molecular formula is C5H5N3OS. The van der Waals surface area contributed by atoms with Crippen molar-refractivity contribution in [1.29, 1.82) is 0 Å². The van der Waals surface area contributed by atoms with Crippen LogP contribution in [0.25, 0.3) is 0 Å². The van der Waals surface area contributed by atoms with Crippen molar-refractivity contribution in [2.24, 2.45) is 5.73 Å². The van der Waals surface area contributed by atoms with E-state index >= 15 is 0 Å². The van der Waals surface area contributed by atoms with Gasteiger partial charge >= 0.3 is 0 Å². The predicted molar refractivity (Wildman–Crippen MR) is 37.9 cm³/mol. The second kappa shape index (κ2) is 2.57. The van der Waals surface area contributed by atoms with Crippen LogP contribution in [0.5, 0.6) is 0 Å². The molecule has 1 heterocycles. The van der Waals surface area contributed by atoms with Gasteiger partial charge in [-0.1, -0.05) is 12.2 Å². The van der Waals surface area contributed by atoms with Crippen LogP contribution in [0.15, 0.2) is 12.1 Å². The highest BCUT2D eigenvalue weighted by atomic mass is 32.1. The van der Waals surface area contributed by atoms with E-state index in [1.165, 1.54) is 6.07 Å². The standard InChI is InChI=1S/C5H5N3OS/c6-5(9)3-1-2-4(10)8-7-3/h1-2H,(H2,6,9)(H,8,10). The van der Waals surface area contributed by atoms with Gasteiger partial charge in [0.1, 0.15) is 10.3 Å². The van der Waals surface area contributed by atoms with Crippen molar-refractivity contribution in [2.45, 2.75) is 0 Å². The lowest BCUT2D eigenvalue weighted by Gasteiger charge is -1.89. The summed E-state index contributed by atoms with van der Waals surface area (Å²) in [5.74, 6) is -0.564. The van der Waals surface area contributed by atoms with Gasteiger partial charge in [0.05, 0.1) is 0 Å². The van der Waals surface area contributed by atoms with Gasteiger partial charge in [0.2, 0.25) is 0 Å². The Hall–Kier alpha value is -1.23. The Morgan fingerprint density at radius 1 is 1.70 bits per heavy atom. The number of carbonyl (C=O) groups is 1. The van der Waals surface area contributed by atoms with E-state index in [1.54, 1.807) is 6.07 Å². The van der Waals surface area contributed by atoms with Crippen molar-refractivity contribution in [1.82, 2.24) is 10.2 Å². The first-order valence-electron chi connectivity index (χ1n) is 2.55. The Kier molecular flexibility index (Phi) is 1.77. The lowest BCUT2D eigenvalue weighted by atomic mass is 10.4. The number of amides is 1. The van der Waals surface area contributed by atoms with E-state index in [9.17, 15) is 4.79 Å². The summed E-state index contributed by atoms with van der Waals surface area (Å²) in [5.41, 5.74) is 5.10. The van der Waals surface area contributed by atoms with E-state index in [2.05, 4.69) is 22.4 Å². The summed E-state index contributed by atoms with van der Waals surface area (Å²) in [7, 11) is 0. The first kappa shape index (κ1) is 6.88. The molecule has 52 valence electrons. The number of aromatic nitrogens is 2. The van der Waals surface area contributed by atoms with Gasteiger partial charge in [0, 0.05) is 0 Å². The number of aromatic amines is 1. The Morgan fingerprint density at radius 3 is 2.80 bits per heavy atom. The van der Waals surface area contributed by atoms with Crippen LogP contribution in [-0.4, -0.2) is 16.1 Å². The van der Waals surface area contributed by atoms with E-state index in [4.69, 9.17) is 5.73 Å². The molecule has 1 aromatic rings. The highest BCUT2D eigenvalue weighted by molar-refractivity contribution is 7.71. The summed E-state index contributed by atoms with van der Waals surface area (Å²) < 4.78 is 0.477. The number of H-pyrrole nitrogens is 1. The van der Waals surface area contributed by atoms with E-state index in [0.29, 0.717) is 4.64 Å². The Labute approximate surface area is 62.1 Å². The molecule has 10 heavy (non-hydrogen) atoms. The molecule has 1 aromatic heterocycles. The average molecular weight is 155 g/mol. The molecule has 1 rings (SSSR count). The third kappa shape index (κ3) is 1.38. The molecular weight excluding hydrogens is 150 g/mol. The quantitative estimate of drug-likeness (QED) is 0.570. The zero-order valence-electron chi connectivity index (χ0n) is 5.00. The molecule has 0 aliphatic rings. The molecule has 0 bridgehead atoms. The Balaban J connectivity index is 3.12. The van der Waals surface area contributed by atoms with Gasteiger partial charge in [0.15, 0.2) is 0 Å². The predicted octanol–water partition coefficient (Wildman–Crippen LogP) is 0.238. The number of primary amides is 1. The maximum atomic E-state index is 10.4. The number of nitrogens with one attached hydrogen (secondary N) is 1. The molecule has 5 heteroatoms. The van der Waals surface area contributed by atoms with Gasteiger partial charge in [-0.25, -0.2) is 0 Å². The van der Waals surface area contributed by atoms with Crippen LogP contribution in [0.2, 0.25) is 0 Å². The summed E-state index contributed by atoms with van der Waals surface area (Å²) in [6.07, 6.45) is 0. The van der Waals surface area contributed by atoms with Crippen LogP contribution < -0.4 is 5.73 Å². The van der Waals surface area contributed by atoms with Crippen molar-refractivity contribution >= 4 is 18.1 Å². The highest BCUT2D eigenvalue weighted by Crippen LogP contribution is 1.89. The van der Waals surface area contributed by atoms with Crippen molar-refractivity contribution in [3.63, 3.8) is 0 Å². The number of nitrogens with zero attached hydrogens (tertiary/aromatic N) is 1. The van der Waals surface area contributed by atoms with E-state index < -0.39 is 5.91 Å². The Morgan fingerprint density at radius 2 is 2.40 bits per heavy atom. The molecule has 1 amide bonds. The van der Waals surface area contributed by atoms with Gasteiger partial charge in [-0.3, -0.25) is 9.89 Å². The molecule has 0 aliphatic heterocycles. The number of rotatable bonds is 1. The number of hydrogen-bond acceptors (Lipinski definition) is 3. The molecule has 0 saturated heterocycles. The fourth-order valence-electron chi connectivity index (χ4n) is 0.482. The lowest BCUT2D eigenvalue weighted by Crippen LogP contribution is -2.13. The van der Waals surface area contributed by atoms with Gasteiger partial charge < -0.3 is 5.73 Å². The lowest BCUT2D eigenvalue weighted by molar-refractivity contribution is 0.0994. The highest BCUT2D eigenvalue weighted by Gasteiger charge is 1.97. The van der Waals surface area contributed by atoms with Crippen LogP contribution in [0.4, 0.5) is 0 Å². The second-order valence-electron chi connectivity index (χ2n) is 1.67. The molecule has 3 N–H and O–H groups in total. The molecule has 0 aromatic carbocycles. The zero-order chi connectivity index (χ0) is 7.56. The van der Waals surface area contributed by atoms with Crippen molar-refractivity contribution in [3.8, 4) is 0 Å². The van der Waals surface area contributed by atoms with Crippen LogP contribution in [0, 0.1) is 4.64 Å². The molecule has 0 radical (unpaired) electrons. The summed E-state index contributed by atoms with van der Waals surface area (Å²) in [6.45, 7) is 0.